The molecule has 0 fully saturated rings. The average molecular weight is 443 g/mol. The van der Waals surface area contributed by atoms with Gasteiger partial charge in [-0.2, -0.15) is 0 Å². The van der Waals surface area contributed by atoms with Gasteiger partial charge in [0.1, 0.15) is 28.8 Å². The second-order valence-electron chi connectivity index (χ2n) is 7.90. The monoisotopic (exact) mass is 442 g/mol. The Labute approximate surface area is 195 Å². The van der Waals surface area contributed by atoms with Crippen LogP contribution in [0.15, 0.2) is 77.2 Å². The molecule has 0 aliphatic heterocycles. The smallest absolute Gasteiger partial charge is 0.142 e. The van der Waals surface area contributed by atoms with Crippen molar-refractivity contribution in [3.05, 3.63) is 78.4 Å². The third kappa shape index (κ3) is 4.75. The summed E-state index contributed by atoms with van der Waals surface area (Å²) in [6.07, 6.45) is 3.11. The Morgan fingerprint density at radius 2 is 1.00 bits per heavy atom. The molecule has 4 rings (SSSR count). The molecular formula is C29H30O4. The van der Waals surface area contributed by atoms with E-state index in [2.05, 4.69) is 31.2 Å². The number of ether oxygens (including phenoxy) is 3. The van der Waals surface area contributed by atoms with Gasteiger partial charge in [-0.05, 0) is 79.1 Å². The maximum atomic E-state index is 6.66. The second kappa shape index (κ2) is 10.3. The molecule has 0 atom stereocenters. The van der Waals surface area contributed by atoms with Crippen molar-refractivity contribution in [3.8, 4) is 51.0 Å². The molecule has 4 nitrogen and oxygen atoms in total. The lowest BCUT2D eigenvalue weighted by atomic mass is 9.93. The lowest BCUT2D eigenvalue weighted by Crippen LogP contribution is -1.92. The average Bonchev–Trinajstić information content (AvgIpc) is 3.26. The highest BCUT2D eigenvalue weighted by atomic mass is 16.5. The van der Waals surface area contributed by atoms with Gasteiger partial charge in [0.25, 0.3) is 0 Å². The van der Waals surface area contributed by atoms with Crippen molar-refractivity contribution in [1.82, 2.24) is 0 Å². The van der Waals surface area contributed by atoms with E-state index in [4.69, 9.17) is 18.6 Å². The van der Waals surface area contributed by atoms with E-state index in [1.165, 1.54) is 5.56 Å². The molecule has 0 saturated carbocycles. The first kappa shape index (κ1) is 22.5. The third-order valence-corrected chi connectivity index (χ3v) is 5.87. The van der Waals surface area contributed by atoms with Gasteiger partial charge in [-0.25, -0.2) is 0 Å². The van der Waals surface area contributed by atoms with E-state index in [-0.39, 0.29) is 0 Å². The molecule has 0 spiro atoms. The first-order chi connectivity index (χ1) is 16.2. The van der Waals surface area contributed by atoms with Gasteiger partial charge in [0.05, 0.1) is 21.3 Å². The van der Waals surface area contributed by atoms with Crippen LogP contribution in [0.25, 0.3) is 33.8 Å². The van der Waals surface area contributed by atoms with E-state index in [0.29, 0.717) is 0 Å². The highest BCUT2D eigenvalue weighted by molar-refractivity contribution is 5.88. The molecule has 1 heterocycles. The highest BCUT2D eigenvalue weighted by Gasteiger charge is 2.23. The van der Waals surface area contributed by atoms with Crippen molar-refractivity contribution in [1.29, 1.82) is 0 Å². The number of hydrogen-bond acceptors (Lipinski definition) is 4. The number of benzene rings is 3. The molecule has 3 aromatic carbocycles. The lowest BCUT2D eigenvalue weighted by molar-refractivity contribution is 0.414. The Bertz CT molecular complexity index is 1170. The van der Waals surface area contributed by atoms with Crippen LogP contribution in [0.5, 0.6) is 17.2 Å². The van der Waals surface area contributed by atoms with Crippen molar-refractivity contribution in [2.75, 3.05) is 21.3 Å². The predicted octanol–water partition coefficient (Wildman–Crippen LogP) is 7.65. The molecular weight excluding hydrogens is 412 g/mol. The normalized spacial score (nSPS) is 10.8. The molecule has 0 unspecified atom stereocenters. The summed E-state index contributed by atoms with van der Waals surface area (Å²) in [5, 5.41) is 0. The Kier molecular flexibility index (Phi) is 7.04. The van der Waals surface area contributed by atoms with Gasteiger partial charge in [0, 0.05) is 22.3 Å². The summed E-state index contributed by atoms with van der Waals surface area (Å²) in [5.41, 5.74) is 5.51. The Morgan fingerprint density at radius 1 is 0.576 bits per heavy atom. The van der Waals surface area contributed by atoms with Crippen LogP contribution in [0, 0.1) is 0 Å². The summed E-state index contributed by atoms with van der Waals surface area (Å²) in [4.78, 5) is 0. The van der Waals surface area contributed by atoms with Gasteiger partial charge in [-0.3, -0.25) is 0 Å². The molecule has 0 bridgehead atoms. The van der Waals surface area contributed by atoms with Gasteiger partial charge in [-0.15, -0.1) is 0 Å². The Balaban J connectivity index is 1.94. The summed E-state index contributed by atoms with van der Waals surface area (Å²) in [6, 6.07) is 24.3. The fourth-order valence-electron chi connectivity index (χ4n) is 4.04. The molecule has 1 aromatic heterocycles. The fraction of sp³-hybridized carbons (Fsp3) is 0.241. The molecule has 0 amide bonds. The van der Waals surface area contributed by atoms with E-state index >= 15 is 0 Å². The standard InChI is InChI=1S/C29H30O4/c1-5-6-7-26-27(20-8-14-23(30-2)15-9-20)29(22-12-18-25(32-4)19-13-22)33-28(26)21-10-16-24(31-3)17-11-21/h8-19H,5-7H2,1-4H3. The second-order valence-corrected chi connectivity index (χ2v) is 7.90. The van der Waals surface area contributed by atoms with Gasteiger partial charge in [0.15, 0.2) is 0 Å². The van der Waals surface area contributed by atoms with Gasteiger partial charge in [-0.1, -0.05) is 25.5 Å². The molecule has 0 saturated heterocycles. The quantitative estimate of drug-likeness (QED) is 0.267. The zero-order chi connectivity index (χ0) is 23.2. The van der Waals surface area contributed by atoms with Crippen LogP contribution in [0.3, 0.4) is 0 Å². The first-order valence-electron chi connectivity index (χ1n) is 11.3. The lowest BCUT2D eigenvalue weighted by Gasteiger charge is -2.09. The van der Waals surface area contributed by atoms with E-state index in [1.807, 2.05) is 48.5 Å². The number of furan rings is 1. The van der Waals surface area contributed by atoms with E-state index in [0.717, 1.165) is 70.3 Å². The van der Waals surface area contributed by atoms with E-state index < -0.39 is 0 Å². The summed E-state index contributed by atoms with van der Waals surface area (Å²) >= 11 is 0. The fourth-order valence-corrected chi connectivity index (χ4v) is 4.04. The summed E-state index contributed by atoms with van der Waals surface area (Å²) in [6.45, 7) is 2.21. The van der Waals surface area contributed by atoms with Crippen LogP contribution in [0.1, 0.15) is 25.3 Å². The molecule has 4 aromatic rings. The van der Waals surface area contributed by atoms with Crippen LogP contribution >= 0.6 is 0 Å². The first-order valence-corrected chi connectivity index (χ1v) is 11.3. The summed E-state index contributed by atoms with van der Waals surface area (Å²) in [5.74, 6) is 4.24. The minimum atomic E-state index is 0.817. The zero-order valence-electron chi connectivity index (χ0n) is 19.7. The molecule has 33 heavy (non-hydrogen) atoms. The topological polar surface area (TPSA) is 40.8 Å². The molecule has 0 radical (unpaired) electrons. The third-order valence-electron chi connectivity index (χ3n) is 5.87. The number of rotatable bonds is 9. The Morgan fingerprint density at radius 3 is 1.42 bits per heavy atom. The van der Waals surface area contributed by atoms with Gasteiger partial charge < -0.3 is 18.6 Å². The molecule has 4 heteroatoms. The van der Waals surface area contributed by atoms with E-state index in [9.17, 15) is 0 Å². The maximum Gasteiger partial charge on any atom is 0.142 e. The van der Waals surface area contributed by atoms with Crippen molar-refractivity contribution in [2.45, 2.75) is 26.2 Å². The van der Waals surface area contributed by atoms with Crippen LogP contribution in [-0.4, -0.2) is 21.3 Å². The van der Waals surface area contributed by atoms with Crippen LogP contribution < -0.4 is 14.2 Å². The molecule has 0 aliphatic rings. The minimum Gasteiger partial charge on any atom is -0.497 e. The largest absolute Gasteiger partial charge is 0.497 e. The van der Waals surface area contributed by atoms with Crippen LogP contribution in [0.2, 0.25) is 0 Å². The Hall–Kier alpha value is -3.66. The van der Waals surface area contributed by atoms with Crippen LogP contribution in [0.4, 0.5) is 0 Å². The van der Waals surface area contributed by atoms with Crippen molar-refractivity contribution < 1.29 is 18.6 Å². The van der Waals surface area contributed by atoms with Crippen LogP contribution in [-0.2, 0) is 6.42 Å². The summed E-state index contributed by atoms with van der Waals surface area (Å²) in [7, 11) is 5.04. The predicted molar refractivity (Wildman–Crippen MR) is 133 cm³/mol. The summed E-state index contributed by atoms with van der Waals surface area (Å²) < 4.78 is 22.8. The molecule has 0 N–H and O–H groups in total. The maximum absolute atomic E-state index is 6.66. The van der Waals surface area contributed by atoms with E-state index in [1.54, 1.807) is 21.3 Å². The van der Waals surface area contributed by atoms with Crippen molar-refractivity contribution in [2.24, 2.45) is 0 Å². The number of unbranched alkanes of at least 4 members (excludes halogenated alkanes) is 1. The minimum absolute atomic E-state index is 0.817. The number of hydrogen-bond donors (Lipinski definition) is 0. The molecule has 170 valence electrons. The van der Waals surface area contributed by atoms with Crippen molar-refractivity contribution in [3.63, 3.8) is 0 Å². The zero-order valence-corrected chi connectivity index (χ0v) is 19.7. The van der Waals surface area contributed by atoms with Gasteiger partial charge >= 0.3 is 0 Å². The SMILES string of the molecule is CCCCc1c(-c2ccc(OC)cc2)oc(-c2ccc(OC)cc2)c1-c1ccc(OC)cc1. The number of methoxy groups -OCH3 is 3. The molecule has 0 aliphatic carbocycles. The van der Waals surface area contributed by atoms with Crippen molar-refractivity contribution >= 4 is 0 Å². The van der Waals surface area contributed by atoms with Gasteiger partial charge in [0.2, 0.25) is 0 Å². The highest BCUT2D eigenvalue weighted by Crippen LogP contribution is 2.44.